The average molecular weight is 308 g/mol. The van der Waals surface area contributed by atoms with Crippen molar-refractivity contribution in [3.05, 3.63) is 28.2 Å². The van der Waals surface area contributed by atoms with E-state index < -0.39 is 5.97 Å². The molecule has 88 valence electrons. The summed E-state index contributed by atoms with van der Waals surface area (Å²) in [5, 5.41) is 8.23. The predicted molar refractivity (Wildman–Crippen MR) is 66.2 cm³/mol. The maximum Gasteiger partial charge on any atom is 0.303 e. The number of halogens is 2. The van der Waals surface area contributed by atoms with Gasteiger partial charge in [0, 0.05) is 16.5 Å². The second kappa shape index (κ2) is 6.11. The minimum absolute atomic E-state index is 0.0455. The van der Waals surface area contributed by atoms with Crippen LogP contribution in [0.4, 0.5) is 0 Å². The highest BCUT2D eigenvalue weighted by atomic mass is 79.9. The number of methoxy groups -OCH3 is 1. The Morgan fingerprint density at radius 2 is 2.31 bits per heavy atom. The molecule has 0 bridgehead atoms. The summed E-state index contributed by atoms with van der Waals surface area (Å²) < 4.78 is 6.07. The molecule has 0 saturated carbocycles. The van der Waals surface area contributed by atoms with Crippen molar-refractivity contribution in [2.24, 2.45) is 0 Å². The van der Waals surface area contributed by atoms with Crippen LogP contribution in [-0.4, -0.2) is 18.2 Å². The number of rotatable bonds is 5. The van der Waals surface area contributed by atoms with Gasteiger partial charge in [0.1, 0.15) is 5.75 Å². The Bertz CT molecular complexity index is 381. The summed E-state index contributed by atoms with van der Waals surface area (Å²) in [6.45, 7) is 0. The Balaban J connectivity index is 2.84. The second-order valence-corrected chi connectivity index (χ2v) is 4.73. The number of aliphatic carboxylic acids is 1. The highest BCUT2D eigenvalue weighted by Crippen LogP contribution is 2.34. The van der Waals surface area contributed by atoms with E-state index in [0.717, 1.165) is 10.0 Å². The molecule has 0 amide bonds. The van der Waals surface area contributed by atoms with Gasteiger partial charge in [0.25, 0.3) is 0 Å². The van der Waals surface area contributed by atoms with Crippen LogP contribution in [0, 0.1) is 0 Å². The predicted octanol–water partition coefficient (Wildman–Crippen LogP) is 3.60. The summed E-state index contributed by atoms with van der Waals surface area (Å²) >= 11 is 9.49. The molecule has 0 saturated heterocycles. The number of alkyl halides is 1. The van der Waals surface area contributed by atoms with Gasteiger partial charge in [-0.2, -0.15) is 0 Å². The molecule has 0 aromatic heterocycles. The van der Waals surface area contributed by atoms with Crippen molar-refractivity contribution >= 4 is 33.5 Å². The highest BCUT2D eigenvalue weighted by Gasteiger charge is 2.15. The Labute approximate surface area is 107 Å². The van der Waals surface area contributed by atoms with Crippen LogP contribution in [0.2, 0.25) is 0 Å². The van der Waals surface area contributed by atoms with Crippen LogP contribution in [-0.2, 0) is 4.79 Å². The van der Waals surface area contributed by atoms with Gasteiger partial charge < -0.3 is 9.84 Å². The van der Waals surface area contributed by atoms with Crippen LogP contribution in [0.15, 0.2) is 22.7 Å². The number of benzene rings is 1. The third-order valence-electron chi connectivity index (χ3n) is 2.14. The third kappa shape index (κ3) is 3.68. The van der Waals surface area contributed by atoms with Gasteiger partial charge in [-0.1, -0.05) is 15.9 Å². The largest absolute Gasteiger partial charge is 0.496 e. The molecule has 1 N–H and O–H groups in total. The van der Waals surface area contributed by atoms with Crippen molar-refractivity contribution in [1.29, 1.82) is 0 Å². The summed E-state index contributed by atoms with van der Waals surface area (Å²) in [6, 6.07) is 5.50. The van der Waals surface area contributed by atoms with Crippen LogP contribution in [0.1, 0.15) is 23.8 Å². The Morgan fingerprint density at radius 1 is 1.62 bits per heavy atom. The normalized spacial score (nSPS) is 12.2. The lowest BCUT2D eigenvalue weighted by Crippen LogP contribution is -2.00. The Kier molecular flexibility index (Phi) is 5.09. The summed E-state index contributed by atoms with van der Waals surface area (Å²) in [7, 11) is 1.56. The van der Waals surface area contributed by atoms with Crippen molar-refractivity contribution in [2.75, 3.05) is 7.11 Å². The fraction of sp³-hybridized carbons (Fsp3) is 0.364. The quantitative estimate of drug-likeness (QED) is 0.845. The van der Waals surface area contributed by atoms with Crippen molar-refractivity contribution in [2.45, 2.75) is 18.2 Å². The second-order valence-electron chi connectivity index (χ2n) is 3.29. The SMILES string of the molecule is COc1ccc(Br)cc1C(Cl)CCC(=O)O. The summed E-state index contributed by atoms with van der Waals surface area (Å²) in [6.07, 6.45) is 0.424. The zero-order valence-electron chi connectivity index (χ0n) is 8.74. The van der Waals surface area contributed by atoms with E-state index in [-0.39, 0.29) is 11.8 Å². The minimum atomic E-state index is -0.848. The Morgan fingerprint density at radius 3 is 2.88 bits per heavy atom. The standard InChI is InChI=1S/C11H12BrClO3/c1-16-10-4-2-7(12)6-8(10)9(13)3-5-11(14)15/h2,4,6,9H,3,5H2,1H3,(H,14,15). The molecule has 0 spiro atoms. The third-order valence-corrected chi connectivity index (χ3v) is 3.09. The number of hydrogen-bond acceptors (Lipinski definition) is 2. The first kappa shape index (κ1) is 13.3. The summed E-state index contributed by atoms with van der Waals surface area (Å²) in [4.78, 5) is 10.5. The molecule has 3 nitrogen and oxygen atoms in total. The van der Waals surface area contributed by atoms with Crippen molar-refractivity contribution in [3.8, 4) is 5.75 Å². The number of hydrogen-bond donors (Lipinski definition) is 1. The van der Waals surface area contributed by atoms with E-state index in [0.29, 0.717) is 12.2 Å². The first-order chi connectivity index (χ1) is 7.54. The molecule has 0 aliphatic carbocycles. The van der Waals surface area contributed by atoms with Crippen LogP contribution < -0.4 is 4.74 Å². The van der Waals surface area contributed by atoms with Crippen LogP contribution in [0.3, 0.4) is 0 Å². The van der Waals surface area contributed by atoms with E-state index >= 15 is 0 Å². The maximum absolute atomic E-state index is 10.5. The van der Waals surface area contributed by atoms with Crippen molar-refractivity contribution in [1.82, 2.24) is 0 Å². The van der Waals surface area contributed by atoms with Crippen LogP contribution in [0.25, 0.3) is 0 Å². The number of carboxylic acid groups (broad SMARTS) is 1. The smallest absolute Gasteiger partial charge is 0.303 e. The fourth-order valence-corrected chi connectivity index (χ4v) is 2.01. The molecule has 0 fully saturated rings. The molecule has 1 unspecified atom stereocenters. The fourth-order valence-electron chi connectivity index (χ4n) is 1.36. The van der Waals surface area contributed by atoms with Gasteiger partial charge in [-0.25, -0.2) is 0 Å². The molecule has 0 aliphatic heterocycles. The molecule has 16 heavy (non-hydrogen) atoms. The van der Waals surface area contributed by atoms with E-state index in [2.05, 4.69) is 15.9 Å². The van der Waals surface area contributed by atoms with Crippen molar-refractivity contribution in [3.63, 3.8) is 0 Å². The van der Waals surface area contributed by atoms with Crippen molar-refractivity contribution < 1.29 is 14.6 Å². The molecule has 0 radical (unpaired) electrons. The molecule has 1 atom stereocenters. The molecular weight excluding hydrogens is 295 g/mol. The minimum Gasteiger partial charge on any atom is -0.496 e. The van der Waals surface area contributed by atoms with Gasteiger partial charge in [-0.05, 0) is 24.6 Å². The highest BCUT2D eigenvalue weighted by molar-refractivity contribution is 9.10. The lowest BCUT2D eigenvalue weighted by molar-refractivity contribution is -0.137. The van der Waals surface area contributed by atoms with Gasteiger partial charge in [0.05, 0.1) is 12.5 Å². The zero-order chi connectivity index (χ0) is 12.1. The van der Waals surface area contributed by atoms with Gasteiger partial charge >= 0.3 is 5.97 Å². The molecule has 1 aromatic carbocycles. The summed E-state index contributed by atoms with van der Waals surface area (Å²) in [5.74, 6) is -0.173. The van der Waals surface area contributed by atoms with E-state index in [9.17, 15) is 4.79 Å². The molecule has 1 aromatic rings. The molecule has 0 aliphatic rings. The number of ether oxygens (including phenoxy) is 1. The number of carboxylic acids is 1. The van der Waals surface area contributed by atoms with Gasteiger partial charge in [-0.3, -0.25) is 4.79 Å². The molecular formula is C11H12BrClO3. The van der Waals surface area contributed by atoms with Gasteiger partial charge in [0.15, 0.2) is 0 Å². The summed E-state index contributed by atoms with van der Waals surface area (Å²) in [5.41, 5.74) is 0.805. The lowest BCUT2D eigenvalue weighted by Gasteiger charge is -2.13. The lowest BCUT2D eigenvalue weighted by atomic mass is 10.1. The van der Waals surface area contributed by atoms with E-state index in [1.54, 1.807) is 13.2 Å². The average Bonchev–Trinajstić information content (AvgIpc) is 2.25. The zero-order valence-corrected chi connectivity index (χ0v) is 11.1. The van der Waals surface area contributed by atoms with Crippen LogP contribution >= 0.6 is 27.5 Å². The maximum atomic E-state index is 10.5. The van der Waals surface area contributed by atoms with E-state index in [1.807, 2.05) is 12.1 Å². The molecule has 1 rings (SSSR count). The molecule has 5 heteroatoms. The monoisotopic (exact) mass is 306 g/mol. The first-order valence-corrected chi connectivity index (χ1v) is 5.97. The van der Waals surface area contributed by atoms with Gasteiger partial charge in [-0.15, -0.1) is 11.6 Å². The van der Waals surface area contributed by atoms with Gasteiger partial charge in [0.2, 0.25) is 0 Å². The topological polar surface area (TPSA) is 46.5 Å². The number of carbonyl (C=O) groups is 1. The van der Waals surface area contributed by atoms with E-state index in [4.69, 9.17) is 21.4 Å². The van der Waals surface area contributed by atoms with E-state index in [1.165, 1.54) is 0 Å². The van der Waals surface area contributed by atoms with Crippen LogP contribution in [0.5, 0.6) is 5.75 Å². The molecule has 0 heterocycles. The first-order valence-electron chi connectivity index (χ1n) is 4.74. The Hall–Kier alpha value is -0.740.